The first-order valence-electron chi connectivity index (χ1n) is 6.30. The van der Waals surface area contributed by atoms with E-state index in [9.17, 15) is 0 Å². The maximum atomic E-state index is 8.88. The summed E-state index contributed by atoms with van der Waals surface area (Å²) in [6.07, 6.45) is 0. The highest BCUT2D eigenvalue weighted by Crippen LogP contribution is 2.25. The fraction of sp³-hybridized carbons (Fsp3) is 0.235. The van der Waals surface area contributed by atoms with E-state index in [1.165, 1.54) is 5.56 Å². The molecule has 2 rings (SSSR count). The summed E-state index contributed by atoms with van der Waals surface area (Å²) in [5.74, 6) is 0.938. The highest BCUT2D eigenvalue weighted by molar-refractivity contribution is 5.43. The summed E-state index contributed by atoms with van der Waals surface area (Å²) in [6.45, 7) is 6.68. The van der Waals surface area contributed by atoms with Crippen molar-refractivity contribution in [2.75, 3.05) is 0 Å². The van der Waals surface area contributed by atoms with Crippen molar-refractivity contribution in [3.05, 3.63) is 64.2 Å². The molecule has 0 heterocycles. The number of rotatable bonds is 3. The second-order valence-corrected chi connectivity index (χ2v) is 4.83. The molecule has 0 unspecified atom stereocenters. The normalized spacial score (nSPS) is 10.0. The fourth-order valence-corrected chi connectivity index (χ4v) is 2.28. The molecule has 19 heavy (non-hydrogen) atoms. The monoisotopic (exact) mass is 251 g/mol. The standard InChI is InChI=1S/C17H17NO/c1-12-7-13(2)17(14(3)8-12)19-11-16-6-4-5-15(9-16)10-18/h4-9H,11H2,1-3H3. The average molecular weight is 251 g/mol. The Kier molecular flexibility index (Phi) is 3.87. The van der Waals surface area contributed by atoms with Crippen LogP contribution in [-0.2, 0) is 6.61 Å². The van der Waals surface area contributed by atoms with Gasteiger partial charge in [-0.15, -0.1) is 0 Å². The zero-order valence-corrected chi connectivity index (χ0v) is 11.5. The van der Waals surface area contributed by atoms with Crippen LogP contribution in [-0.4, -0.2) is 0 Å². The van der Waals surface area contributed by atoms with Gasteiger partial charge in [-0.25, -0.2) is 0 Å². The number of aryl methyl sites for hydroxylation is 3. The van der Waals surface area contributed by atoms with Crippen LogP contribution < -0.4 is 4.74 Å². The molecule has 0 aliphatic rings. The van der Waals surface area contributed by atoms with E-state index in [0.717, 1.165) is 22.4 Å². The summed E-state index contributed by atoms with van der Waals surface area (Å²) in [4.78, 5) is 0. The topological polar surface area (TPSA) is 33.0 Å². The van der Waals surface area contributed by atoms with Crippen molar-refractivity contribution in [2.45, 2.75) is 27.4 Å². The van der Waals surface area contributed by atoms with E-state index in [2.05, 4.69) is 39.0 Å². The number of hydrogen-bond acceptors (Lipinski definition) is 2. The van der Waals surface area contributed by atoms with Crippen LogP contribution in [0.1, 0.15) is 27.8 Å². The van der Waals surface area contributed by atoms with Crippen molar-refractivity contribution in [3.8, 4) is 11.8 Å². The van der Waals surface area contributed by atoms with E-state index < -0.39 is 0 Å². The minimum atomic E-state index is 0.486. The van der Waals surface area contributed by atoms with E-state index >= 15 is 0 Å². The van der Waals surface area contributed by atoms with E-state index in [1.807, 2.05) is 18.2 Å². The zero-order valence-electron chi connectivity index (χ0n) is 11.5. The summed E-state index contributed by atoms with van der Waals surface area (Å²) < 4.78 is 5.90. The molecule has 0 amide bonds. The fourth-order valence-electron chi connectivity index (χ4n) is 2.28. The average Bonchev–Trinajstić information content (AvgIpc) is 2.37. The highest BCUT2D eigenvalue weighted by Gasteiger charge is 2.05. The summed E-state index contributed by atoms with van der Waals surface area (Å²) >= 11 is 0. The van der Waals surface area contributed by atoms with E-state index in [1.54, 1.807) is 6.07 Å². The number of nitrogens with zero attached hydrogens (tertiary/aromatic N) is 1. The van der Waals surface area contributed by atoms with Crippen molar-refractivity contribution in [1.29, 1.82) is 5.26 Å². The summed E-state index contributed by atoms with van der Waals surface area (Å²) in [6, 6.07) is 13.9. The molecule has 0 N–H and O–H groups in total. The lowest BCUT2D eigenvalue weighted by Gasteiger charge is -2.13. The second kappa shape index (κ2) is 5.58. The van der Waals surface area contributed by atoms with Crippen molar-refractivity contribution in [2.24, 2.45) is 0 Å². The molecule has 2 heteroatoms. The summed E-state index contributed by atoms with van der Waals surface area (Å²) in [7, 11) is 0. The van der Waals surface area contributed by atoms with Crippen LogP contribution in [0.5, 0.6) is 5.75 Å². The van der Waals surface area contributed by atoms with Gasteiger partial charge in [-0.2, -0.15) is 5.26 Å². The predicted molar refractivity (Wildman–Crippen MR) is 76.1 cm³/mol. The third kappa shape index (κ3) is 3.14. The van der Waals surface area contributed by atoms with E-state index in [0.29, 0.717) is 12.2 Å². The van der Waals surface area contributed by atoms with Crippen LogP contribution in [0.25, 0.3) is 0 Å². The first-order valence-corrected chi connectivity index (χ1v) is 6.30. The van der Waals surface area contributed by atoms with Crippen molar-refractivity contribution in [3.63, 3.8) is 0 Å². The van der Waals surface area contributed by atoms with Crippen molar-refractivity contribution < 1.29 is 4.74 Å². The number of hydrogen-bond donors (Lipinski definition) is 0. The molecule has 2 nitrogen and oxygen atoms in total. The molecule has 96 valence electrons. The molecule has 0 bridgehead atoms. The Morgan fingerprint density at radius 2 is 1.74 bits per heavy atom. The molecule has 0 saturated carbocycles. The largest absolute Gasteiger partial charge is 0.488 e. The number of ether oxygens (including phenoxy) is 1. The lowest BCUT2D eigenvalue weighted by molar-refractivity contribution is 0.302. The minimum Gasteiger partial charge on any atom is -0.488 e. The van der Waals surface area contributed by atoms with Crippen LogP contribution in [0, 0.1) is 32.1 Å². The first-order chi connectivity index (χ1) is 9.10. The van der Waals surface area contributed by atoms with Gasteiger partial charge in [-0.3, -0.25) is 0 Å². The molecule has 0 aliphatic carbocycles. The molecule has 2 aromatic carbocycles. The minimum absolute atomic E-state index is 0.486. The molecule has 0 saturated heterocycles. The van der Waals surface area contributed by atoms with Crippen LogP contribution in [0.4, 0.5) is 0 Å². The second-order valence-electron chi connectivity index (χ2n) is 4.83. The van der Waals surface area contributed by atoms with Gasteiger partial charge in [0.15, 0.2) is 0 Å². The maximum absolute atomic E-state index is 8.88. The Labute approximate surface area is 114 Å². The zero-order chi connectivity index (χ0) is 13.8. The third-order valence-electron chi connectivity index (χ3n) is 3.04. The molecule has 0 spiro atoms. The molecule has 0 aliphatic heterocycles. The Balaban J connectivity index is 2.17. The molecule has 0 fully saturated rings. The molecule has 2 aromatic rings. The van der Waals surface area contributed by atoms with Gasteiger partial charge in [-0.05, 0) is 49.6 Å². The number of benzene rings is 2. The third-order valence-corrected chi connectivity index (χ3v) is 3.04. The van der Waals surface area contributed by atoms with Gasteiger partial charge in [0, 0.05) is 0 Å². The Bertz CT molecular complexity index is 615. The van der Waals surface area contributed by atoms with E-state index in [4.69, 9.17) is 10.00 Å². The van der Waals surface area contributed by atoms with Crippen molar-refractivity contribution in [1.82, 2.24) is 0 Å². The first kappa shape index (κ1) is 13.2. The predicted octanol–water partition coefficient (Wildman–Crippen LogP) is 4.06. The van der Waals surface area contributed by atoms with Gasteiger partial charge in [0.25, 0.3) is 0 Å². The summed E-state index contributed by atoms with van der Waals surface area (Å²) in [5, 5.41) is 8.88. The molecule has 0 aromatic heterocycles. The summed E-state index contributed by atoms with van der Waals surface area (Å²) in [5.41, 5.74) is 5.22. The van der Waals surface area contributed by atoms with Gasteiger partial charge in [0.1, 0.15) is 12.4 Å². The van der Waals surface area contributed by atoms with Gasteiger partial charge in [-0.1, -0.05) is 29.8 Å². The van der Waals surface area contributed by atoms with E-state index in [-0.39, 0.29) is 0 Å². The van der Waals surface area contributed by atoms with Crippen LogP contribution in [0.2, 0.25) is 0 Å². The Morgan fingerprint density at radius 1 is 1.05 bits per heavy atom. The van der Waals surface area contributed by atoms with Crippen molar-refractivity contribution >= 4 is 0 Å². The Hall–Kier alpha value is -2.27. The number of nitriles is 1. The molecular formula is C17H17NO. The van der Waals surface area contributed by atoms with Crippen LogP contribution in [0.15, 0.2) is 36.4 Å². The smallest absolute Gasteiger partial charge is 0.125 e. The molecule has 0 radical (unpaired) electrons. The maximum Gasteiger partial charge on any atom is 0.125 e. The van der Waals surface area contributed by atoms with Gasteiger partial charge < -0.3 is 4.74 Å². The lowest BCUT2D eigenvalue weighted by Crippen LogP contribution is -1.99. The molecular weight excluding hydrogens is 234 g/mol. The Morgan fingerprint density at radius 3 is 2.37 bits per heavy atom. The quantitative estimate of drug-likeness (QED) is 0.824. The van der Waals surface area contributed by atoms with Crippen LogP contribution in [0.3, 0.4) is 0 Å². The highest BCUT2D eigenvalue weighted by atomic mass is 16.5. The van der Waals surface area contributed by atoms with Gasteiger partial charge in [0.05, 0.1) is 11.6 Å². The lowest BCUT2D eigenvalue weighted by atomic mass is 10.1. The van der Waals surface area contributed by atoms with Crippen LogP contribution >= 0.6 is 0 Å². The van der Waals surface area contributed by atoms with Gasteiger partial charge >= 0.3 is 0 Å². The van der Waals surface area contributed by atoms with Gasteiger partial charge in [0.2, 0.25) is 0 Å². The SMILES string of the molecule is Cc1cc(C)c(OCc2cccc(C#N)c2)c(C)c1. The molecule has 0 atom stereocenters.